The number of carbonyl (C=O) groups is 1. The average molecular weight is 306 g/mol. The van der Waals surface area contributed by atoms with Crippen molar-refractivity contribution in [1.29, 1.82) is 0 Å². The number of amides is 1. The van der Waals surface area contributed by atoms with E-state index in [0.29, 0.717) is 17.9 Å². The second kappa shape index (κ2) is 5.47. The molecule has 1 aliphatic rings. The van der Waals surface area contributed by atoms with Gasteiger partial charge in [-0.1, -0.05) is 24.3 Å². The van der Waals surface area contributed by atoms with Crippen LogP contribution in [0.3, 0.4) is 0 Å². The number of H-pyrrole nitrogens is 1. The van der Waals surface area contributed by atoms with Crippen molar-refractivity contribution in [1.82, 2.24) is 9.88 Å². The minimum absolute atomic E-state index is 0.0493. The van der Waals surface area contributed by atoms with Crippen molar-refractivity contribution in [2.75, 3.05) is 13.7 Å². The number of aromatic nitrogens is 1. The first-order valence-electron chi connectivity index (χ1n) is 7.78. The van der Waals surface area contributed by atoms with Crippen LogP contribution in [0.5, 0.6) is 5.75 Å². The van der Waals surface area contributed by atoms with Crippen LogP contribution in [0.15, 0.2) is 48.5 Å². The summed E-state index contributed by atoms with van der Waals surface area (Å²) in [6, 6.07) is 15.7. The van der Waals surface area contributed by atoms with Crippen LogP contribution in [-0.2, 0) is 13.0 Å². The SMILES string of the molecule is COc1cccc(C(=O)N2CCc3c([nH]c4ccccc34)C2)c1. The zero-order chi connectivity index (χ0) is 15.8. The van der Waals surface area contributed by atoms with Gasteiger partial charge in [-0.25, -0.2) is 0 Å². The highest BCUT2D eigenvalue weighted by Crippen LogP contribution is 2.28. The number of hydrogen-bond acceptors (Lipinski definition) is 2. The highest BCUT2D eigenvalue weighted by atomic mass is 16.5. The molecule has 0 radical (unpaired) electrons. The number of benzene rings is 2. The van der Waals surface area contributed by atoms with E-state index in [4.69, 9.17) is 4.74 Å². The molecule has 4 heteroatoms. The van der Waals surface area contributed by atoms with E-state index in [-0.39, 0.29) is 5.91 Å². The summed E-state index contributed by atoms with van der Waals surface area (Å²) in [5, 5.41) is 1.27. The summed E-state index contributed by atoms with van der Waals surface area (Å²) in [5.41, 5.74) is 4.31. The van der Waals surface area contributed by atoms with Gasteiger partial charge in [-0.2, -0.15) is 0 Å². The standard InChI is InChI=1S/C19H18N2O2/c1-23-14-6-4-5-13(11-14)19(22)21-10-9-16-15-7-2-3-8-17(15)20-18(16)12-21/h2-8,11,20H,9-10,12H2,1H3. The summed E-state index contributed by atoms with van der Waals surface area (Å²) in [6.07, 6.45) is 0.884. The van der Waals surface area contributed by atoms with Crippen LogP contribution in [0, 0.1) is 0 Å². The van der Waals surface area contributed by atoms with Crippen molar-refractivity contribution in [3.05, 3.63) is 65.4 Å². The van der Waals surface area contributed by atoms with Crippen molar-refractivity contribution in [3.8, 4) is 5.75 Å². The van der Waals surface area contributed by atoms with E-state index in [9.17, 15) is 4.79 Å². The van der Waals surface area contributed by atoms with Gasteiger partial charge in [-0.15, -0.1) is 0 Å². The first kappa shape index (κ1) is 13.9. The van der Waals surface area contributed by atoms with Gasteiger partial charge in [-0.05, 0) is 36.2 Å². The van der Waals surface area contributed by atoms with Gasteiger partial charge >= 0.3 is 0 Å². The molecule has 116 valence electrons. The third kappa shape index (κ3) is 2.36. The van der Waals surface area contributed by atoms with Crippen molar-refractivity contribution in [2.45, 2.75) is 13.0 Å². The van der Waals surface area contributed by atoms with Crippen LogP contribution in [0.2, 0.25) is 0 Å². The molecule has 1 aliphatic heterocycles. The molecule has 0 atom stereocenters. The number of nitrogens with zero attached hydrogens (tertiary/aromatic N) is 1. The van der Waals surface area contributed by atoms with E-state index in [1.54, 1.807) is 13.2 Å². The van der Waals surface area contributed by atoms with Crippen LogP contribution in [0.25, 0.3) is 10.9 Å². The molecule has 1 aromatic heterocycles. The highest BCUT2D eigenvalue weighted by molar-refractivity contribution is 5.95. The first-order chi connectivity index (χ1) is 11.3. The molecular weight excluding hydrogens is 288 g/mol. The molecule has 1 amide bonds. The fraction of sp³-hybridized carbons (Fsp3) is 0.211. The maximum Gasteiger partial charge on any atom is 0.254 e. The highest BCUT2D eigenvalue weighted by Gasteiger charge is 2.24. The molecule has 0 fully saturated rings. The Morgan fingerprint density at radius 3 is 2.91 bits per heavy atom. The Kier molecular flexibility index (Phi) is 3.30. The van der Waals surface area contributed by atoms with Crippen LogP contribution < -0.4 is 4.74 Å². The number of fused-ring (bicyclic) bond motifs is 3. The first-order valence-corrected chi connectivity index (χ1v) is 7.78. The summed E-state index contributed by atoms with van der Waals surface area (Å²) in [7, 11) is 1.61. The predicted octanol–water partition coefficient (Wildman–Crippen LogP) is 3.38. The Labute approximate surface area is 134 Å². The lowest BCUT2D eigenvalue weighted by Gasteiger charge is -2.27. The summed E-state index contributed by atoms with van der Waals surface area (Å²) < 4.78 is 5.21. The van der Waals surface area contributed by atoms with Crippen LogP contribution in [0.1, 0.15) is 21.6 Å². The maximum absolute atomic E-state index is 12.7. The minimum Gasteiger partial charge on any atom is -0.497 e. The predicted molar refractivity (Wildman–Crippen MR) is 89.7 cm³/mol. The van der Waals surface area contributed by atoms with Crippen molar-refractivity contribution < 1.29 is 9.53 Å². The van der Waals surface area contributed by atoms with Gasteiger partial charge in [0.25, 0.3) is 5.91 Å². The smallest absolute Gasteiger partial charge is 0.254 e. The number of methoxy groups -OCH3 is 1. The van der Waals surface area contributed by atoms with Gasteiger partial charge in [-0.3, -0.25) is 4.79 Å². The average Bonchev–Trinajstić information content (AvgIpc) is 2.98. The Balaban J connectivity index is 1.63. The Morgan fingerprint density at radius 1 is 1.17 bits per heavy atom. The molecule has 3 aromatic rings. The fourth-order valence-corrected chi connectivity index (χ4v) is 3.31. The Hall–Kier alpha value is -2.75. The third-order valence-corrected chi connectivity index (χ3v) is 4.49. The summed E-state index contributed by atoms with van der Waals surface area (Å²) in [5.74, 6) is 0.757. The molecular formula is C19H18N2O2. The number of aromatic amines is 1. The van der Waals surface area contributed by atoms with Gasteiger partial charge in [0.2, 0.25) is 0 Å². The monoisotopic (exact) mass is 306 g/mol. The van der Waals surface area contributed by atoms with Gasteiger partial charge in [0, 0.05) is 28.7 Å². The Morgan fingerprint density at radius 2 is 2.04 bits per heavy atom. The van der Waals surface area contributed by atoms with E-state index in [1.807, 2.05) is 29.2 Å². The molecule has 4 rings (SSSR count). The summed E-state index contributed by atoms with van der Waals surface area (Å²) in [6.45, 7) is 1.37. The fourth-order valence-electron chi connectivity index (χ4n) is 3.31. The van der Waals surface area contributed by atoms with E-state index in [0.717, 1.165) is 24.2 Å². The Bertz CT molecular complexity index is 882. The molecule has 0 spiro atoms. The summed E-state index contributed by atoms with van der Waals surface area (Å²) in [4.78, 5) is 18.1. The second-order valence-electron chi connectivity index (χ2n) is 5.84. The maximum atomic E-state index is 12.7. The van der Waals surface area contributed by atoms with Crippen LogP contribution in [0.4, 0.5) is 0 Å². The lowest BCUT2D eigenvalue weighted by atomic mass is 10.0. The number of ether oxygens (including phenoxy) is 1. The molecule has 0 unspecified atom stereocenters. The van der Waals surface area contributed by atoms with E-state index >= 15 is 0 Å². The van der Waals surface area contributed by atoms with Gasteiger partial charge in [0.1, 0.15) is 5.75 Å². The van der Waals surface area contributed by atoms with E-state index in [2.05, 4.69) is 23.2 Å². The number of hydrogen-bond donors (Lipinski definition) is 1. The van der Waals surface area contributed by atoms with Gasteiger partial charge < -0.3 is 14.6 Å². The lowest BCUT2D eigenvalue weighted by molar-refractivity contribution is 0.0732. The van der Waals surface area contributed by atoms with Gasteiger partial charge in [0.05, 0.1) is 13.7 Å². The topological polar surface area (TPSA) is 45.3 Å². The molecule has 0 bridgehead atoms. The molecule has 0 saturated carbocycles. The molecule has 2 aromatic carbocycles. The zero-order valence-corrected chi connectivity index (χ0v) is 13.0. The van der Waals surface area contributed by atoms with Crippen LogP contribution >= 0.6 is 0 Å². The number of nitrogens with one attached hydrogen (secondary N) is 1. The molecule has 0 aliphatic carbocycles. The van der Waals surface area contributed by atoms with Crippen molar-refractivity contribution >= 4 is 16.8 Å². The zero-order valence-electron chi connectivity index (χ0n) is 13.0. The van der Waals surface area contributed by atoms with Crippen molar-refractivity contribution in [2.24, 2.45) is 0 Å². The van der Waals surface area contributed by atoms with Crippen molar-refractivity contribution in [3.63, 3.8) is 0 Å². The number of rotatable bonds is 2. The lowest BCUT2D eigenvalue weighted by Crippen LogP contribution is -2.35. The quantitative estimate of drug-likeness (QED) is 0.789. The number of carbonyl (C=O) groups excluding carboxylic acids is 1. The normalized spacial score (nSPS) is 13.9. The van der Waals surface area contributed by atoms with E-state index in [1.165, 1.54) is 10.9 Å². The molecule has 4 nitrogen and oxygen atoms in total. The second-order valence-corrected chi connectivity index (χ2v) is 5.84. The van der Waals surface area contributed by atoms with E-state index < -0.39 is 0 Å². The third-order valence-electron chi connectivity index (χ3n) is 4.49. The molecule has 2 heterocycles. The van der Waals surface area contributed by atoms with Crippen LogP contribution in [-0.4, -0.2) is 29.4 Å². The molecule has 0 saturated heterocycles. The van der Waals surface area contributed by atoms with Gasteiger partial charge in [0.15, 0.2) is 0 Å². The number of para-hydroxylation sites is 1. The molecule has 23 heavy (non-hydrogen) atoms. The minimum atomic E-state index is 0.0493. The summed E-state index contributed by atoms with van der Waals surface area (Å²) >= 11 is 0. The largest absolute Gasteiger partial charge is 0.497 e. The molecule has 1 N–H and O–H groups in total.